The maximum atomic E-state index is 5.97. The van der Waals surface area contributed by atoms with Gasteiger partial charge in [0.25, 0.3) is 0 Å². The normalized spacial score (nSPS) is 13.1. The highest BCUT2D eigenvalue weighted by atomic mass is 35.5. The van der Waals surface area contributed by atoms with Crippen molar-refractivity contribution in [2.45, 2.75) is 29.6 Å². The van der Waals surface area contributed by atoms with Crippen molar-refractivity contribution in [1.29, 1.82) is 0 Å². The molecule has 0 spiro atoms. The lowest BCUT2D eigenvalue weighted by Crippen LogP contribution is -2.29. The van der Waals surface area contributed by atoms with Gasteiger partial charge in [-0.15, -0.1) is 0 Å². The second kappa shape index (κ2) is 11.0. The Morgan fingerprint density at radius 3 is 2.60 bits per heavy atom. The van der Waals surface area contributed by atoms with Crippen LogP contribution in [0.25, 0.3) is 11.3 Å². The van der Waals surface area contributed by atoms with Crippen molar-refractivity contribution in [3.05, 3.63) is 71.7 Å². The van der Waals surface area contributed by atoms with E-state index in [1.54, 1.807) is 18.5 Å². The van der Waals surface area contributed by atoms with E-state index in [0.29, 0.717) is 27.8 Å². The van der Waals surface area contributed by atoms with E-state index in [2.05, 4.69) is 30.5 Å². The summed E-state index contributed by atoms with van der Waals surface area (Å²) in [6.07, 6.45) is 5.72. The Bertz CT molecular complexity index is 1290. The van der Waals surface area contributed by atoms with Gasteiger partial charge in [-0.05, 0) is 79.3 Å². The molecule has 0 saturated carbocycles. The molecular formula is C24H22ClN7OS2. The minimum absolute atomic E-state index is 0.403. The third-order valence-electron chi connectivity index (χ3n) is 5.30. The van der Waals surface area contributed by atoms with Crippen LogP contribution in [-0.4, -0.2) is 38.1 Å². The van der Waals surface area contributed by atoms with Crippen molar-refractivity contribution in [2.24, 2.45) is 0 Å². The minimum Gasteiger partial charge on any atom is -0.459 e. The number of rotatable bonds is 7. The maximum Gasteiger partial charge on any atom is 0.232 e. The molecule has 0 aliphatic carbocycles. The lowest BCUT2D eigenvalue weighted by Gasteiger charge is -2.18. The molecular weight excluding hydrogens is 502 g/mol. The van der Waals surface area contributed by atoms with Gasteiger partial charge in [-0.2, -0.15) is 4.98 Å². The molecule has 4 heterocycles. The summed E-state index contributed by atoms with van der Waals surface area (Å²) in [6.45, 7) is 2.36. The van der Waals surface area contributed by atoms with Crippen molar-refractivity contribution < 1.29 is 4.42 Å². The molecule has 0 amide bonds. The molecule has 3 aromatic heterocycles. The Hall–Kier alpha value is -3.21. The molecule has 178 valence electrons. The van der Waals surface area contributed by atoms with E-state index in [9.17, 15) is 0 Å². The monoisotopic (exact) mass is 523 g/mol. The summed E-state index contributed by atoms with van der Waals surface area (Å²) < 4.78 is 5.93. The number of hydrogen-bond donors (Lipinski definition) is 2. The first-order chi connectivity index (χ1) is 17.1. The predicted octanol–water partition coefficient (Wildman–Crippen LogP) is 5.42. The summed E-state index contributed by atoms with van der Waals surface area (Å²) >= 11 is 12.9. The van der Waals surface area contributed by atoms with Crippen molar-refractivity contribution in [2.75, 3.05) is 23.3 Å². The van der Waals surface area contributed by atoms with Gasteiger partial charge in [-0.25, -0.2) is 15.0 Å². The summed E-state index contributed by atoms with van der Waals surface area (Å²) in [5.41, 5.74) is 0.959. The second-order valence-electron chi connectivity index (χ2n) is 7.80. The molecule has 35 heavy (non-hydrogen) atoms. The number of nitrogens with zero attached hydrogens (tertiary/aromatic N) is 5. The molecule has 1 aliphatic heterocycles. The summed E-state index contributed by atoms with van der Waals surface area (Å²) in [5.74, 6) is 2.80. The molecule has 4 aromatic rings. The van der Waals surface area contributed by atoms with Crippen LogP contribution in [0.15, 0.2) is 75.5 Å². The third-order valence-corrected chi connectivity index (χ3v) is 6.61. The van der Waals surface area contributed by atoms with Gasteiger partial charge in [-0.1, -0.05) is 11.6 Å². The Morgan fingerprint density at radius 2 is 1.83 bits per heavy atom. The number of hydrogen-bond acceptors (Lipinski definition) is 8. The fourth-order valence-corrected chi connectivity index (χ4v) is 4.62. The van der Waals surface area contributed by atoms with E-state index < -0.39 is 0 Å². The first-order valence-electron chi connectivity index (χ1n) is 11.1. The predicted molar refractivity (Wildman–Crippen MR) is 142 cm³/mol. The first-order valence-corrected chi connectivity index (χ1v) is 12.7. The number of aromatic nitrogens is 4. The summed E-state index contributed by atoms with van der Waals surface area (Å²) in [5, 5.41) is 8.73. The van der Waals surface area contributed by atoms with Crippen LogP contribution >= 0.6 is 35.6 Å². The van der Waals surface area contributed by atoms with Crippen LogP contribution in [0, 0.1) is 0 Å². The zero-order chi connectivity index (χ0) is 24.0. The number of nitrogens with one attached hydrogen (secondary N) is 2. The molecule has 5 rings (SSSR count). The van der Waals surface area contributed by atoms with Gasteiger partial charge >= 0.3 is 0 Å². The van der Waals surface area contributed by atoms with Crippen LogP contribution in [0.5, 0.6) is 0 Å². The van der Waals surface area contributed by atoms with Gasteiger partial charge in [0.2, 0.25) is 5.95 Å². The molecule has 1 aliphatic rings. The van der Waals surface area contributed by atoms with E-state index >= 15 is 0 Å². The molecule has 0 atom stereocenters. The average molecular weight is 524 g/mol. The topological polar surface area (TPSA) is 92.0 Å². The number of anilines is 2. The van der Waals surface area contributed by atoms with Gasteiger partial charge < -0.3 is 20.0 Å². The van der Waals surface area contributed by atoms with E-state index in [-0.39, 0.29) is 0 Å². The fraction of sp³-hybridized carbons (Fsp3) is 0.208. The number of benzene rings is 1. The van der Waals surface area contributed by atoms with Crippen molar-refractivity contribution in [3.8, 4) is 11.3 Å². The van der Waals surface area contributed by atoms with Gasteiger partial charge in [0.15, 0.2) is 10.3 Å². The number of halogens is 1. The van der Waals surface area contributed by atoms with Crippen molar-refractivity contribution >= 4 is 52.5 Å². The largest absolute Gasteiger partial charge is 0.459 e. The quantitative estimate of drug-likeness (QED) is 0.186. The van der Waals surface area contributed by atoms with Crippen LogP contribution in [0.4, 0.5) is 11.8 Å². The second-order valence-corrected chi connectivity index (χ2v) is 9.63. The number of furan rings is 1. The smallest absolute Gasteiger partial charge is 0.232 e. The average Bonchev–Trinajstić information content (AvgIpc) is 3.57. The SMILES string of the molecule is S=C(NCc1ccc(-c2ccc(Cl)cc2)o1)Nc1nc(Sc2ncccn2)cc(N2CCCC2)n1. The summed E-state index contributed by atoms with van der Waals surface area (Å²) in [4.78, 5) is 20.1. The Morgan fingerprint density at radius 1 is 1.06 bits per heavy atom. The van der Waals surface area contributed by atoms with Gasteiger partial charge in [0.05, 0.1) is 6.54 Å². The Balaban J connectivity index is 1.25. The lowest BCUT2D eigenvalue weighted by molar-refractivity contribution is 0.516. The molecule has 11 heteroatoms. The molecule has 1 saturated heterocycles. The van der Waals surface area contributed by atoms with Gasteiger partial charge in [0.1, 0.15) is 22.4 Å². The highest BCUT2D eigenvalue weighted by molar-refractivity contribution is 7.99. The molecule has 8 nitrogen and oxygen atoms in total. The van der Waals surface area contributed by atoms with Crippen LogP contribution in [0.1, 0.15) is 18.6 Å². The highest BCUT2D eigenvalue weighted by Crippen LogP contribution is 2.28. The zero-order valence-corrected chi connectivity index (χ0v) is 21.0. The third kappa shape index (κ3) is 6.27. The van der Waals surface area contributed by atoms with E-state index in [1.807, 2.05) is 42.5 Å². The van der Waals surface area contributed by atoms with Crippen LogP contribution in [0.2, 0.25) is 5.02 Å². The van der Waals surface area contributed by atoms with Gasteiger partial charge in [0, 0.05) is 42.1 Å². The van der Waals surface area contributed by atoms with Crippen molar-refractivity contribution in [1.82, 2.24) is 25.3 Å². The lowest BCUT2D eigenvalue weighted by atomic mass is 10.2. The van der Waals surface area contributed by atoms with E-state index in [4.69, 9.17) is 33.2 Å². The molecule has 1 aromatic carbocycles. The molecule has 2 N–H and O–H groups in total. The Kier molecular flexibility index (Phi) is 7.41. The van der Waals surface area contributed by atoms with Crippen LogP contribution in [-0.2, 0) is 6.54 Å². The van der Waals surface area contributed by atoms with Crippen molar-refractivity contribution in [3.63, 3.8) is 0 Å². The Labute approximate surface area is 217 Å². The standard InChI is InChI=1S/C24H22ClN7OS2/c25-17-6-4-16(5-7-17)19-9-8-18(33-19)15-28-23(34)31-22-29-20(32-12-1-2-13-32)14-21(30-22)35-24-26-10-3-11-27-24/h3-11,14H,1-2,12-13,15H2,(H2,28,29,30,31,34). The van der Waals surface area contributed by atoms with E-state index in [1.165, 1.54) is 11.8 Å². The summed E-state index contributed by atoms with van der Waals surface area (Å²) in [6, 6.07) is 15.1. The minimum atomic E-state index is 0.403. The summed E-state index contributed by atoms with van der Waals surface area (Å²) in [7, 11) is 0. The fourth-order valence-electron chi connectivity index (χ4n) is 3.62. The maximum absolute atomic E-state index is 5.97. The first kappa shape index (κ1) is 23.5. The van der Waals surface area contributed by atoms with E-state index in [0.717, 1.165) is 53.9 Å². The van der Waals surface area contributed by atoms with Crippen LogP contribution in [0.3, 0.4) is 0 Å². The van der Waals surface area contributed by atoms with Crippen LogP contribution < -0.4 is 15.5 Å². The molecule has 0 unspecified atom stereocenters. The number of thiocarbonyl (C=S) groups is 1. The molecule has 0 bridgehead atoms. The highest BCUT2D eigenvalue weighted by Gasteiger charge is 2.17. The molecule has 1 fully saturated rings. The zero-order valence-electron chi connectivity index (χ0n) is 18.6. The molecule has 0 radical (unpaired) electrons. The van der Waals surface area contributed by atoms with Gasteiger partial charge in [-0.3, -0.25) is 0 Å².